The maximum atomic E-state index is 11.8. The van der Waals surface area contributed by atoms with Gasteiger partial charge in [-0.05, 0) is 24.6 Å². The molecule has 2 rings (SSSR count). The van der Waals surface area contributed by atoms with Crippen LogP contribution < -0.4 is 5.32 Å². The van der Waals surface area contributed by atoms with Crippen LogP contribution in [0.5, 0.6) is 0 Å². The molecule has 17 heavy (non-hydrogen) atoms. The van der Waals surface area contributed by atoms with Gasteiger partial charge < -0.3 is 5.32 Å². The summed E-state index contributed by atoms with van der Waals surface area (Å²) in [6.45, 7) is 1.87. The Morgan fingerprint density at radius 2 is 2.12 bits per heavy atom. The van der Waals surface area contributed by atoms with Crippen molar-refractivity contribution in [1.29, 1.82) is 0 Å². The zero-order valence-corrected chi connectivity index (χ0v) is 10.8. The lowest BCUT2D eigenvalue weighted by Crippen LogP contribution is -2.09. The van der Waals surface area contributed by atoms with Crippen molar-refractivity contribution in [2.75, 3.05) is 5.32 Å². The molecule has 1 aromatic carbocycles. The van der Waals surface area contributed by atoms with Crippen LogP contribution in [0.2, 0.25) is 0 Å². The van der Waals surface area contributed by atoms with Crippen LogP contribution in [-0.2, 0) is 5.88 Å². The van der Waals surface area contributed by atoms with Gasteiger partial charge in [0, 0.05) is 11.6 Å². The molecular weight excluding hydrogens is 256 g/mol. The fourth-order valence-corrected chi connectivity index (χ4v) is 2.19. The number of hydrogen-bond acceptors (Lipinski definition) is 3. The van der Waals surface area contributed by atoms with Gasteiger partial charge in [-0.3, -0.25) is 4.79 Å². The first kappa shape index (κ1) is 12.1. The Labute approximate surface area is 108 Å². The van der Waals surface area contributed by atoms with Crippen molar-refractivity contribution in [1.82, 2.24) is 4.98 Å². The highest BCUT2D eigenvalue weighted by atomic mass is 35.5. The highest BCUT2D eigenvalue weighted by Gasteiger charge is 2.08. The number of aromatic nitrogens is 1. The van der Waals surface area contributed by atoms with Crippen LogP contribution in [0.3, 0.4) is 0 Å². The van der Waals surface area contributed by atoms with Gasteiger partial charge in [-0.25, -0.2) is 4.98 Å². The molecule has 1 N–H and O–H groups in total. The third kappa shape index (κ3) is 3.05. The summed E-state index contributed by atoms with van der Waals surface area (Å²) in [5, 5.41) is 3.69. The van der Waals surface area contributed by atoms with Crippen molar-refractivity contribution in [2.45, 2.75) is 12.8 Å². The van der Waals surface area contributed by atoms with Crippen LogP contribution in [-0.4, -0.2) is 10.9 Å². The summed E-state index contributed by atoms with van der Waals surface area (Å²) >= 11 is 7.07. The molecular formula is C12H11ClN2OS. The second-order valence-corrected chi connectivity index (χ2v) is 5.03. The summed E-state index contributed by atoms with van der Waals surface area (Å²) in [6.07, 6.45) is 1.59. The van der Waals surface area contributed by atoms with E-state index in [0.717, 1.165) is 16.3 Å². The Morgan fingerprint density at radius 3 is 2.65 bits per heavy atom. The van der Waals surface area contributed by atoms with Crippen molar-refractivity contribution in [2.24, 2.45) is 0 Å². The number of amides is 1. The molecule has 0 aliphatic rings. The van der Waals surface area contributed by atoms with E-state index in [1.54, 1.807) is 6.20 Å². The highest BCUT2D eigenvalue weighted by molar-refractivity contribution is 7.13. The topological polar surface area (TPSA) is 42.0 Å². The molecule has 3 nitrogen and oxygen atoms in total. The fourth-order valence-electron chi connectivity index (χ4n) is 1.34. The van der Waals surface area contributed by atoms with Gasteiger partial charge in [-0.15, -0.1) is 22.9 Å². The maximum Gasteiger partial charge on any atom is 0.267 e. The van der Waals surface area contributed by atoms with Gasteiger partial charge in [0.1, 0.15) is 4.88 Å². The van der Waals surface area contributed by atoms with Crippen LogP contribution in [0.4, 0.5) is 5.69 Å². The molecule has 88 valence electrons. The second-order valence-electron chi connectivity index (χ2n) is 3.53. The van der Waals surface area contributed by atoms with Crippen molar-refractivity contribution in [3.05, 3.63) is 45.9 Å². The first-order valence-electron chi connectivity index (χ1n) is 5.08. The first-order valence-corrected chi connectivity index (χ1v) is 6.43. The molecule has 0 unspecified atom stereocenters. The van der Waals surface area contributed by atoms with Crippen LogP contribution in [0.25, 0.3) is 0 Å². The van der Waals surface area contributed by atoms with Gasteiger partial charge in [0.25, 0.3) is 5.91 Å². The normalized spacial score (nSPS) is 10.2. The summed E-state index contributed by atoms with van der Waals surface area (Å²) in [5.74, 6) is 0.344. The molecule has 5 heteroatoms. The SMILES string of the molecule is Cc1ncc(C(=O)Nc2ccc(CCl)cc2)s1. The molecule has 2 aromatic rings. The minimum Gasteiger partial charge on any atom is -0.321 e. The van der Waals surface area contributed by atoms with Crippen molar-refractivity contribution in [3.63, 3.8) is 0 Å². The number of aryl methyl sites for hydroxylation is 1. The molecule has 0 saturated heterocycles. The lowest BCUT2D eigenvalue weighted by Gasteiger charge is -2.03. The minimum atomic E-state index is -0.130. The summed E-state index contributed by atoms with van der Waals surface area (Å²) in [7, 11) is 0. The standard InChI is InChI=1S/C12H11ClN2OS/c1-8-14-7-11(17-8)12(16)15-10-4-2-9(6-13)3-5-10/h2-5,7H,6H2,1H3,(H,15,16). The third-order valence-electron chi connectivity index (χ3n) is 2.21. The molecule has 0 spiro atoms. The Balaban J connectivity index is 2.07. The molecule has 0 bridgehead atoms. The van der Waals surface area contributed by atoms with Gasteiger partial charge in [-0.2, -0.15) is 0 Å². The zero-order chi connectivity index (χ0) is 12.3. The molecule has 1 heterocycles. The number of anilines is 1. The zero-order valence-electron chi connectivity index (χ0n) is 9.24. The van der Waals surface area contributed by atoms with Gasteiger partial charge in [-0.1, -0.05) is 12.1 Å². The number of hydrogen-bond donors (Lipinski definition) is 1. The van der Waals surface area contributed by atoms with Gasteiger partial charge in [0.05, 0.1) is 11.2 Å². The van der Waals surface area contributed by atoms with E-state index in [4.69, 9.17) is 11.6 Å². The molecule has 0 aliphatic heterocycles. The van der Waals surface area contributed by atoms with Gasteiger partial charge >= 0.3 is 0 Å². The van der Waals surface area contributed by atoms with Gasteiger partial charge in [0.2, 0.25) is 0 Å². The van der Waals surface area contributed by atoms with Crippen LogP contribution in [0, 0.1) is 6.92 Å². The van der Waals surface area contributed by atoms with Crippen molar-refractivity contribution >= 4 is 34.5 Å². The Kier molecular flexibility index (Phi) is 3.76. The number of alkyl halides is 1. The summed E-state index contributed by atoms with van der Waals surface area (Å²) in [6, 6.07) is 7.45. The number of carbonyl (C=O) groups excluding carboxylic acids is 1. The number of thiazole rings is 1. The Morgan fingerprint density at radius 1 is 1.41 bits per heavy atom. The van der Waals surface area contributed by atoms with E-state index in [-0.39, 0.29) is 5.91 Å². The summed E-state index contributed by atoms with van der Waals surface area (Å²) in [5.41, 5.74) is 1.79. The lowest BCUT2D eigenvalue weighted by molar-refractivity contribution is 0.103. The van der Waals surface area contributed by atoms with E-state index in [1.807, 2.05) is 31.2 Å². The largest absolute Gasteiger partial charge is 0.321 e. The second kappa shape index (κ2) is 5.29. The monoisotopic (exact) mass is 266 g/mol. The van der Waals surface area contributed by atoms with Crippen molar-refractivity contribution < 1.29 is 4.79 Å². The van der Waals surface area contributed by atoms with E-state index in [2.05, 4.69) is 10.3 Å². The van der Waals surface area contributed by atoms with E-state index >= 15 is 0 Å². The number of nitrogens with one attached hydrogen (secondary N) is 1. The summed E-state index contributed by atoms with van der Waals surface area (Å²) in [4.78, 5) is 16.5. The third-order valence-corrected chi connectivity index (χ3v) is 3.43. The molecule has 0 atom stereocenters. The molecule has 0 saturated carbocycles. The van der Waals surface area contributed by atoms with E-state index in [0.29, 0.717) is 10.8 Å². The average molecular weight is 267 g/mol. The number of rotatable bonds is 3. The van der Waals surface area contributed by atoms with Crippen LogP contribution in [0.15, 0.2) is 30.5 Å². The predicted molar refractivity (Wildman–Crippen MR) is 70.8 cm³/mol. The first-order chi connectivity index (χ1) is 8.19. The predicted octanol–water partition coefficient (Wildman–Crippen LogP) is 3.44. The molecule has 1 aromatic heterocycles. The van der Waals surface area contributed by atoms with Crippen LogP contribution >= 0.6 is 22.9 Å². The van der Waals surface area contributed by atoms with E-state index in [9.17, 15) is 4.79 Å². The number of nitrogens with zero attached hydrogens (tertiary/aromatic N) is 1. The fraction of sp³-hybridized carbons (Fsp3) is 0.167. The maximum absolute atomic E-state index is 11.8. The smallest absolute Gasteiger partial charge is 0.267 e. The van der Waals surface area contributed by atoms with E-state index < -0.39 is 0 Å². The number of carbonyl (C=O) groups is 1. The highest BCUT2D eigenvalue weighted by Crippen LogP contribution is 2.15. The molecule has 1 amide bonds. The number of halogens is 1. The summed E-state index contributed by atoms with van der Waals surface area (Å²) < 4.78 is 0. The molecule has 0 fully saturated rings. The van der Waals surface area contributed by atoms with E-state index in [1.165, 1.54) is 11.3 Å². The Hall–Kier alpha value is -1.39. The quantitative estimate of drug-likeness (QED) is 0.865. The van der Waals surface area contributed by atoms with Crippen molar-refractivity contribution in [3.8, 4) is 0 Å². The molecule has 0 aliphatic carbocycles. The molecule has 0 radical (unpaired) electrons. The van der Waals surface area contributed by atoms with Crippen LogP contribution in [0.1, 0.15) is 20.2 Å². The Bertz CT molecular complexity index is 522. The average Bonchev–Trinajstić information content (AvgIpc) is 2.77. The number of benzene rings is 1. The lowest BCUT2D eigenvalue weighted by atomic mass is 10.2. The minimum absolute atomic E-state index is 0.130. The van der Waals surface area contributed by atoms with Gasteiger partial charge in [0.15, 0.2) is 0 Å².